The van der Waals surface area contributed by atoms with Gasteiger partial charge >= 0.3 is 0 Å². The molecule has 2 unspecified atom stereocenters. The van der Waals surface area contributed by atoms with E-state index in [9.17, 15) is 8.42 Å². The molecule has 5 nitrogen and oxygen atoms in total. The fourth-order valence-corrected chi connectivity index (χ4v) is 3.37. The van der Waals surface area contributed by atoms with Crippen LogP contribution in [-0.2, 0) is 14.8 Å². The minimum absolute atomic E-state index is 0.191. The van der Waals surface area contributed by atoms with Gasteiger partial charge in [0.1, 0.15) is 0 Å². The van der Waals surface area contributed by atoms with Gasteiger partial charge in [-0.1, -0.05) is 25.5 Å². The van der Waals surface area contributed by atoms with E-state index in [1.165, 1.54) is 0 Å². The van der Waals surface area contributed by atoms with Crippen LogP contribution in [0.15, 0.2) is 29.2 Å². The molecule has 0 saturated carbocycles. The summed E-state index contributed by atoms with van der Waals surface area (Å²) >= 11 is 0. The summed E-state index contributed by atoms with van der Waals surface area (Å²) < 4.78 is 32.5. The molecule has 1 aromatic carbocycles. The molecule has 0 aromatic heterocycles. The Morgan fingerprint density at radius 1 is 1.24 bits per heavy atom. The van der Waals surface area contributed by atoms with Gasteiger partial charge in [-0.2, -0.15) is 0 Å². The monoisotopic (exact) mass is 314 g/mol. The fourth-order valence-electron chi connectivity index (χ4n) is 2.12. The van der Waals surface area contributed by atoms with Crippen molar-refractivity contribution >= 4 is 10.0 Å². The fraction of sp³-hybridized carbons (Fsp3) is 0.600. The molecule has 0 bridgehead atoms. The second-order valence-electron chi connectivity index (χ2n) is 5.14. The maximum atomic E-state index is 12.4. The molecule has 0 aliphatic carbocycles. The van der Waals surface area contributed by atoms with E-state index in [1.807, 2.05) is 33.0 Å². The Morgan fingerprint density at radius 2 is 1.86 bits per heavy atom. The molecule has 21 heavy (non-hydrogen) atoms. The summed E-state index contributed by atoms with van der Waals surface area (Å²) in [5.41, 5.74) is 1.05. The molecular formula is C15H26N2O3S. The van der Waals surface area contributed by atoms with Gasteiger partial charge in [-0.3, -0.25) is 0 Å². The third-order valence-electron chi connectivity index (χ3n) is 3.45. The van der Waals surface area contributed by atoms with Crippen molar-refractivity contribution in [2.24, 2.45) is 0 Å². The molecule has 2 N–H and O–H groups in total. The van der Waals surface area contributed by atoms with Crippen molar-refractivity contribution in [3.63, 3.8) is 0 Å². The van der Waals surface area contributed by atoms with Gasteiger partial charge < -0.3 is 10.1 Å². The number of hydrogen-bond donors (Lipinski definition) is 2. The zero-order valence-corrected chi connectivity index (χ0v) is 14.0. The second-order valence-corrected chi connectivity index (χ2v) is 6.86. The Hall–Kier alpha value is -0.950. The first kappa shape index (κ1) is 18.1. The molecule has 0 radical (unpaired) electrons. The van der Waals surface area contributed by atoms with Crippen molar-refractivity contribution < 1.29 is 13.2 Å². The molecule has 0 saturated heterocycles. The lowest BCUT2D eigenvalue weighted by Crippen LogP contribution is -2.37. The number of nitrogens with one attached hydrogen (secondary N) is 2. The van der Waals surface area contributed by atoms with Crippen LogP contribution in [0.5, 0.6) is 0 Å². The minimum atomic E-state index is -3.50. The van der Waals surface area contributed by atoms with Crippen LogP contribution in [0, 0.1) is 0 Å². The van der Waals surface area contributed by atoms with Crippen LogP contribution in [0.25, 0.3) is 0 Å². The SMILES string of the molecule is CCCC(COC)NS(=O)(=O)c1ccc(C(C)NC)cc1. The van der Waals surface area contributed by atoms with Gasteiger partial charge in [0.15, 0.2) is 0 Å². The molecule has 0 heterocycles. The van der Waals surface area contributed by atoms with E-state index in [2.05, 4.69) is 10.0 Å². The normalized spacial score (nSPS) is 14.9. The van der Waals surface area contributed by atoms with E-state index >= 15 is 0 Å². The second kappa shape index (κ2) is 8.48. The lowest BCUT2D eigenvalue weighted by Gasteiger charge is -2.17. The third kappa shape index (κ3) is 5.39. The molecule has 2 atom stereocenters. The molecule has 120 valence electrons. The van der Waals surface area contributed by atoms with Gasteiger partial charge in [-0.15, -0.1) is 0 Å². The van der Waals surface area contributed by atoms with Crippen molar-refractivity contribution in [1.82, 2.24) is 10.0 Å². The van der Waals surface area contributed by atoms with Crippen molar-refractivity contribution in [2.75, 3.05) is 20.8 Å². The average Bonchev–Trinajstić information content (AvgIpc) is 2.46. The summed E-state index contributed by atoms with van der Waals surface area (Å²) in [4.78, 5) is 0.284. The van der Waals surface area contributed by atoms with E-state index in [0.29, 0.717) is 6.61 Å². The molecular weight excluding hydrogens is 288 g/mol. The van der Waals surface area contributed by atoms with Crippen molar-refractivity contribution in [2.45, 2.75) is 43.7 Å². The molecule has 0 aliphatic heterocycles. The Kier molecular flexibility index (Phi) is 7.31. The lowest BCUT2D eigenvalue weighted by molar-refractivity contribution is 0.171. The first-order valence-corrected chi connectivity index (χ1v) is 8.71. The molecule has 0 fully saturated rings. The number of methoxy groups -OCH3 is 1. The highest BCUT2D eigenvalue weighted by Crippen LogP contribution is 2.16. The van der Waals surface area contributed by atoms with Gasteiger partial charge in [0.05, 0.1) is 11.5 Å². The van der Waals surface area contributed by atoms with Gasteiger partial charge in [-0.25, -0.2) is 13.1 Å². The van der Waals surface area contributed by atoms with E-state index in [0.717, 1.165) is 18.4 Å². The largest absolute Gasteiger partial charge is 0.383 e. The predicted octanol–water partition coefficient (Wildman–Crippen LogP) is 2.06. The van der Waals surface area contributed by atoms with E-state index in [-0.39, 0.29) is 17.0 Å². The zero-order valence-electron chi connectivity index (χ0n) is 13.2. The Labute approximate surface area is 128 Å². The molecule has 0 aliphatic rings. The predicted molar refractivity (Wildman–Crippen MR) is 84.8 cm³/mol. The van der Waals surface area contributed by atoms with Gasteiger partial charge in [0, 0.05) is 19.2 Å². The first-order valence-electron chi connectivity index (χ1n) is 7.23. The molecule has 1 rings (SSSR count). The van der Waals surface area contributed by atoms with Crippen molar-refractivity contribution in [3.8, 4) is 0 Å². The summed E-state index contributed by atoms with van der Waals surface area (Å²) in [7, 11) is -0.0572. The Morgan fingerprint density at radius 3 is 2.33 bits per heavy atom. The summed E-state index contributed by atoms with van der Waals surface area (Å²) in [6.07, 6.45) is 1.65. The summed E-state index contributed by atoms with van der Waals surface area (Å²) in [5.74, 6) is 0. The van der Waals surface area contributed by atoms with Crippen LogP contribution < -0.4 is 10.0 Å². The third-order valence-corrected chi connectivity index (χ3v) is 4.99. The Balaban J connectivity index is 2.86. The molecule has 1 aromatic rings. The van der Waals surface area contributed by atoms with Crippen LogP contribution in [-0.4, -0.2) is 35.2 Å². The van der Waals surface area contributed by atoms with Crippen LogP contribution in [0.4, 0.5) is 0 Å². The van der Waals surface area contributed by atoms with Crippen molar-refractivity contribution in [1.29, 1.82) is 0 Å². The van der Waals surface area contributed by atoms with Crippen LogP contribution in [0.2, 0.25) is 0 Å². The quantitative estimate of drug-likeness (QED) is 0.732. The molecule has 0 spiro atoms. The number of benzene rings is 1. The zero-order chi connectivity index (χ0) is 15.9. The number of hydrogen-bond acceptors (Lipinski definition) is 4. The van der Waals surface area contributed by atoms with Gasteiger partial charge in [0.2, 0.25) is 10.0 Å². The highest BCUT2D eigenvalue weighted by molar-refractivity contribution is 7.89. The van der Waals surface area contributed by atoms with E-state index < -0.39 is 10.0 Å². The van der Waals surface area contributed by atoms with Crippen LogP contribution in [0.3, 0.4) is 0 Å². The highest BCUT2D eigenvalue weighted by atomic mass is 32.2. The Bertz CT molecular complexity index is 508. The maximum absolute atomic E-state index is 12.4. The van der Waals surface area contributed by atoms with E-state index in [1.54, 1.807) is 19.2 Å². The number of ether oxygens (including phenoxy) is 1. The topological polar surface area (TPSA) is 67.4 Å². The highest BCUT2D eigenvalue weighted by Gasteiger charge is 2.19. The number of sulfonamides is 1. The summed E-state index contributed by atoms with van der Waals surface area (Å²) in [6.45, 7) is 4.42. The lowest BCUT2D eigenvalue weighted by atomic mass is 10.1. The van der Waals surface area contributed by atoms with Gasteiger partial charge in [0.25, 0.3) is 0 Å². The number of rotatable bonds is 9. The minimum Gasteiger partial charge on any atom is -0.383 e. The first-order chi connectivity index (χ1) is 9.94. The summed E-state index contributed by atoms with van der Waals surface area (Å²) in [6, 6.07) is 6.95. The van der Waals surface area contributed by atoms with Crippen molar-refractivity contribution in [3.05, 3.63) is 29.8 Å². The molecule has 0 amide bonds. The van der Waals surface area contributed by atoms with E-state index in [4.69, 9.17) is 4.74 Å². The maximum Gasteiger partial charge on any atom is 0.240 e. The molecule has 6 heteroatoms. The van der Waals surface area contributed by atoms with Gasteiger partial charge in [-0.05, 0) is 38.1 Å². The smallest absolute Gasteiger partial charge is 0.240 e. The average molecular weight is 314 g/mol. The van der Waals surface area contributed by atoms with Crippen LogP contribution >= 0.6 is 0 Å². The standard InChI is InChI=1S/C15H26N2O3S/c1-5-6-14(11-20-4)17-21(18,19)15-9-7-13(8-10-15)12(2)16-3/h7-10,12,14,16-17H,5-6,11H2,1-4H3. The summed E-state index contributed by atoms with van der Waals surface area (Å²) in [5, 5.41) is 3.12. The van der Waals surface area contributed by atoms with Crippen LogP contribution in [0.1, 0.15) is 38.3 Å².